The summed E-state index contributed by atoms with van der Waals surface area (Å²) in [4.78, 5) is 13.5. The van der Waals surface area contributed by atoms with Crippen molar-refractivity contribution in [2.24, 2.45) is 0 Å². The summed E-state index contributed by atoms with van der Waals surface area (Å²) in [6.45, 7) is 1.06. The number of carbonyl (C=O) groups is 1. The summed E-state index contributed by atoms with van der Waals surface area (Å²) in [6, 6.07) is 2.89. The summed E-state index contributed by atoms with van der Waals surface area (Å²) in [5, 5.41) is 8.51. The van der Waals surface area contributed by atoms with Crippen molar-refractivity contribution in [3.8, 4) is 0 Å². The lowest BCUT2D eigenvalue weighted by Gasteiger charge is -2.15. The molecule has 6 heteroatoms. The number of rotatable bonds is 8. The van der Waals surface area contributed by atoms with E-state index in [0.29, 0.717) is 19.2 Å². The van der Waals surface area contributed by atoms with Gasteiger partial charge >= 0.3 is 0 Å². The average Bonchev–Trinajstić information content (AvgIpc) is 2.34. The maximum Gasteiger partial charge on any atom is 0.179 e. The number of halogens is 2. The zero-order valence-electron chi connectivity index (χ0n) is 10.7. The zero-order valence-corrected chi connectivity index (χ0v) is 10.7. The Morgan fingerprint density at radius 1 is 1.37 bits per heavy atom. The maximum absolute atomic E-state index is 13.4. The van der Waals surface area contributed by atoms with Gasteiger partial charge in [0, 0.05) is 12.6 Å². The molecule has 1 rings (SSSR count). The molecule has 0 aliphatic heterocycles. The summed E-state index contributed by atoms with van der Waals surface area (Å²) in [7, 11) is 1.70. The van der Waals surface area contributed by atoms with Crippen LogP contribution in [0.5, 0.6) is 0 Å². The molecule has 106 valence electrons. The Balaban J connectivity index is 2.45. The van der Waals surface area contributed by atoms with Crippen LogP contribution in [0.3, 0.4) is 0 Å². The average molecular weight is 273 g/mol. The molecular weight excluding hydrogens is 256 g/mol. The van der Waals surface area contributed by atoms with Crippen LogP contribution in [0.2, 0.25) is 0 Å². The van der Waals surface area contributed by atoms with E-state index in [2.05, 4.69) is 0 Å². The van der Waals surface area contributed by atoms with Crippen molar-refractivity contribution >= 4 is 5.78 Å². The van der Waals surface area contributed by atoms with Gasteiger partial charge in [-0.25, -0.2) is 8.78 Å². The second kappa shape index (κ2) is 7.93. The first kappa shape index (κ1) is 15.7. The lowest BCUT2D eigenvalue weighted by molar-refractivity contribution is 0.0738. The minimum absolute atomic E-state index is 0.0189. The highest BCUT2D eigenvalue weighted by Crippen LogP contribution is 2.10. The molecule has 0 aliphatic carbocycles. The number of Topliss-reactive ketones (excluding diaryl/α,β-unsaturated/α-hetero) is 1. The molecule has 0 unspecified atom stereocenters. The van der Waals surface area contributed by atoms with Crippen molar-refractivity contribution < 1.29 is 23.4 Å². The number of ketones is 1. The smallest absolute Gasteiger partial charge is 0.179 e. The van der Waals surface area contributed by atoms with Gasteiger partial charge in [-0.15, -0.1) is 0 Å². The van der Waals surface area contributed by atoms with Gasteiger partial charge in [-0.2, -0.15) is 0 Å². The van der Waals surface area contributed by atoms with Crippen molar-refractivity contribution in [2.75, 3.05) is 40.0 Å². The fourth-order valence-corrected chi connectivity index (χ4v) is 1.51. The standard InChI is InChI=1S/C13H17F2NO3/c1-16(4-6-19-7-5-17)9-13(18)11-3-2-10(14)8-12(11)15/h2-3,8,17H,4-7,9H2,1H3. The fraction of sp³-hybridized carbons (Fsp3) is 0.462. The van der Waals surface area contributed by atoms with Crippen LogP contribution in [-0.2, 0) is 4.74 Å². The van der Waals surface area contributed by atoms with Gasteiger partial charge in [0.05, 0.1) is 31.9 Å². The summed E-state index contributed by atoms with van der Waals surface area (Å²) in [6.07, 6.45) is 0. The van der Waals surface area contributed by atoms with E-state index < -0.39 is 17.4 Å². The topological polar surface area (TPSA) is 49.8 Å². The van der Waals surface area contributed by atoms with Gasteiger partial charge in [-0.1, -0.05) is 0 Å². The molecule has 0 aliphatic rings. The first-order chi connectivity index (χ1) is 9.04. The third-order valence-electron chi connectivity index (χ3n) is 2.50. The summed E-state index contributed by atoms with van der Waals surface area (Å²) >= 11 is 0. The molecule has 0 saturated carbocycles. The molecule has 0 heterocycles. The molecule has 1 aromatic rings. The van der Waals surface area contributed by atoms with E-state index in [0.717, 1.165) is 12.1 Å². The first-order valence-corrected chi connectivity index (χ1v) is 5.90. The van der Waals surface area contributed by atoms with Crippen molar-refractivity contribution in [3.05, 3.63) is 35.4 Å². The zero-order chi connectivity index (χ0) is 14.3. The molecule has 0 bridgehead atoms. The van der Waals surface area contributed by atoms with Crippen LogP contribution in [0, 0.1) is 11.6 Å². The fourth-order valence-electron chi connectivity index (χ4n) is 1.51. The van der Waals surface area contributed by atoms with Gasteiger partial charge in [-0.05, 0) is 19.2 Å². The van der Waals surface area contributed by atoms with Crippen LogP contribution in [0.1, 0.15) is 10.4 Å². The Bertz CT molecular complexity index is 426. The van der Waals surface area contributed by atoms with Gasteiger partial charge in [-0.3, -0.25) is 9.69 Å². The number of hydrogen-bond acceptors (Lipinski definition) is 4. The number of aliphatic hydroxyl groups is 1. The monoisotopic (exact) mass is 273 g/mol. The van der Waals surface area contributed by atoms with Gasteiger partial charge in [0.15, 0.2) is 5.78 Å². The van der Waals surface area contributed by atoms with Crippen molar-refractivity contribution in [3.63, 3.8) is 0 Å². The lowest BCUT2D eigenvalue weighted by Crippen LogP contribution is -2.30. The van der Waals surface area contributed by atoms with Crippen molar-refractivity contribution in [1.29, 1.82) is 0 Å². The number of benzene rings is 1. The SMILES string of the molecule is CN(CCOCCO)CC(=O)c1ccc(F)cc1F. The van der Waals surface area contributed by atoms with Gasteiger partial charge in [0.2, 0.25) is 0 Å². The van der Waals surface area contributed by atoms with E-state index in [1.54, 1.807) is 11.9 Å². The molecule has 0 saturated heterocycles. The quantitative estimate of drug-likeness (QED) is 0.569. The molecule has 1 aromatic carbocycles. The largest absolute Gasteiger partial charge is 0.394 e. The van der Waals surface area contributed by atoms with Gasteiger partial charge < -0.3 is 9.84 Å². The Morgan fingerprint density at radius 3 is 2.74 bits per heavy atom. The van der Waals surface area contributed by atoms with E-state index >= 15 is 0 Å². The van der Waals surface area contributed by atoms with Crippen molar-refractivity contribution in [2.45, 2.75) is 0 Å². The number of nitrogens with zero attached hydrogens (tertiary/aromatic N) is 1. The minimum Gasteiger partial charge on any atom is -0.394 e. The molecule has 0 amide bonds. The predicted octanol–water partition coefficient (Wildman–Crippen LogP) is 1.09. The van der Waals surface area contributed by atoms with Gasteiger partial charge in [0.25, 0.3) is 0 Å². The van der Waals surface area contributed by atoms with E-state index in [1.807, 2.05) is 0 Å². The Labute approximate surface area is 110 Å². The van der Waals surface area contributed by atoms with E-state index in [4.69, 9.17) is 9.84 Å². The summed E-state index contributed by atoms with van der Waals surface area (Å²) < 4.78 is 31.1. The predicted molar refractivity (Wildman–Crippen MR) is 66.1 cm³/mol. The van der Waals surface area contributed by atoms with Crippen LogP contribution in [0.15, 0.2) is 18.2 Å². The summed E-state index contributed by atoms with van der Waals surface area (Å²) in [5.41, 5.74) is -0.121. The highest BCUT2D eigenvalue weighted by Gasteiger charge is 2.14. The number of ether oxygens (including phenoxy) is 1. The number of carbonyl (C=O) groups excluding carboxylic acids is 1. The molecule has 4 nitrogen and oxygen atoms in total. The molecule has 0 fully saturated rings. The van der Waals surface area contributed by atoms with Crippen LogP contribution in [-0.4, -0.2) is 55.7 Å². The van der Waals surface area contributed by atoms with Crippen LogP contribution in [0.25, 0.3) is 0 Å². The summed E-state index contributed by atoms with van der Waals surface area (Å²) in [5.74, 6) is -1.98. The molecule has 0 aromatic heterocycles. The third kappa shape index (κ3) is 5.42. The van der Waals surface area contributed by atoms with E-state index in [1.165, 1.54) is 0 Å². The Kier molecular flexibility index (Phi) is 6.55. The highest BCUT2D eigenvalue weighted by atomic mass is 19.1. The Hall–Kier alpha value is -1.37. The lowest BCUT2D eigenvalue weighted by atomic mass is 10.1. The molecule has 1 N–H and O–H groups in total. The van der Waals surface area contributed by atoms with Crippen LogP contribution >= 0.6 is 0 Å². The van der Waals surface area contributed by atoms with Crippen molar-refractivity contribution in [1.82, 2.24) is 4.90 Å². The number of aliphatic hydroxyl groups excluding tert-OH is 1. The van der Waals surface area contributed by atoms with E-state index in [-0.39, 0.29) is 25.3 Å². The second-order valence-electron chi connectivity index (χ2n) is 4.12. The molecule has 0 spiro atoms. The van der Waals surface area contributed by atoms with E-state index in [9.17, 15) is 13.6 Å². The molecular formula is C13H17F2NO3. The molecule has 0 atom stereocenters. The minimum atomic E-state index is -0.852. The van der Waals surface area contributed by atoms with Crippen LogP contribution < -0.4 is 0 Å². The third-order valence-corrected chi connectivity index (χ3v) is 2.50. The molecule has 0 radical (unpaired) electrons. The maximum atomic E-state index is 13.4. The molecule has 19 heavy (non-hydrogen) atoms. The van der Waals surface area contributed by atoms with Gasteiger partial charge in [0.1, 0.15) is 11.6 Å². The number of hydrogen-bond donors (Lipinski definition) is 1. The number of likely N-dealkylation sites (N-methyl/N-ethyl adjacent to an activating group) is 1. The normalized spacial score (nSPS) is 11.0. The van der Waals surface area contributed by atoms with Crippen LogP contribution in [0.4, 0.5) is 8.78 Å². The first-order valence-electron chi connectivity index (χ1n) is 5.90. The highest BCUT2D eigenvalue weighted by molar-refractivity contribution is 5.97. The second-order valence-corrected chi connectivity index (χ2v) is 4.12. The Morgan fingerprint density at radius 2 is 2.11 bits per heavy atom.